The highest BCUT2D eigenvalue weighted by Crippen LogP contribution is 2.41. The summed E-state index contributed by atoms with van der Waals surface area (Å²) in [6, 6.07) is 31.6. The van der Waals surface area contributed by atoms with Gasteiger partial charge in [0.1, 0.15) is 25.0 Å². The molecule has 312 valence electrons. The third-order valence-electron chi connectivity index (χ3n) is 11.4. The molecular formula is C49H46Cl2N4O6. The Bertz CT molecular complexity index is 2570. The number of amides is 1. The van der Waals surface area contributed by atoms with Crippen molar-refractivity contribution < 1.29 is 28.5 Å². The summed E-state index contributed by atoms with van der Waals surface area (Å²) < 4.78 is 24.0. The maximum atomic E-state index is 14.4. The second kappa shape index (κ2) is 18.4. The standard InChI is InChI=1S/C49H46Cl2N4O6/c1-29-6-5-7-38(53-29)26-55-25-37-24-46-45(60-28-47(61-46)35-13-15-39(16-14-35)59-27-33-10-17-41(50)42(51)20-33)23-36(37)22-44(55)48(56)54-43(49(57)58-4)21-32-8-11-34(12-9-32)40-18-19-52-31(3)30(40)2/h5-20,23-24,43-44,47H,21-22,25-28H2,1-4H3,(H,54,56)/t43-,44-,47+/m0/s1. The van der Waals surface area contributed by atoms with Crippen LogP contribution in [-0.4, -0.2) is 52.5 Å². The van der Waals surface area contributed by atoms with E-state index in [2.05, 4.69) is 22.1 Å². The van der Waals surface area contributed by atoms with Crippen LogP contribution in [0.5, 0.6) is 17.2 Å². The fourth-order valence-corrected chi connectivity index (χ4v) is 8.20. The number of esters is 1. The van der Waals surface area contributed by atoms with Gasteiger partial charge in [0, 0.05) is 37.1 Å². The Morgan fingerprint density at radius 1 is 0.885 bits per heavy atom. The van der Waals surface area contributed by atoms with Gasteiger partial charge < -0.3 is 24.3 Å². The largest absolute Gasteiger partial charge is 0.489 e. The van der Waals surface area contributed by atoms with Crippen LogP contribution in [0.1, 0.15) is 56.6 Å². The van der Waals surface area contributed by atoms with E-state index in [1.165, 1.54) is 7.11 Å². The number of carbonyl (C=O) groups excluding carboxylic acids is 2. The second-order valence-corrected chi connectivity index (χ2v) is 16.4. The minimum atomic E-state index is -0.894. The fourth-order valence-electron chi connectivity index (χ4n) is 7.88. The van der Waals surface area contributed by atoms with E-state index in [0.29, 0.717) is 60.0 Å². The molecule has 4 aromatic carbocycles. The molecule has 10 nitrogen and oxygen atoms in total. The molecule has 3 atom stereocenters. The van der Waals surface area contributed by atoms with Crippen molar-refractivity contribution in [2.24, 2.45) is 0 Å². The Morgan fingerprint density at radius 3 is 2.41 bits per heavy atom. The number of hydrogen-bond acceptors (Lipinski definition) is 9. The van der Waals surface area contributed by atoms with Crippen LogP contribution in [0, 0.1) is 20.8 Å². The summed E-state index contributed by atoms with van der Waals surface area (Å²) in [5.74, 6) is 1.18. The Balaban J connectivity index is 0.981. The number of hydrogen-bond donors (Lipinski definition) is 1. The van der Waals surface area contributed by atoms with Crippen LogP contribution in [-0.2, 0) is 46.9 Å². The van der Waals surface area contributed by atoms with Gasteiger partial charge in [-0.3, -0.25) is 19.7 Å². The van der Waals surface area contributed by atoms with Gasteiger partial charge >= 0.3 is 5.97 Å². The summed E-state index contributed by atoms with van der Waals surface area (Å²) in [6.07, 6.45) is 2.14. The maximum absolute atomic E-state index is 14.4. The summed E-state index contributed by atoms with van der Waals surface area (Å²) in [6.45, 7) is 7.54. The highest BCUT2D eigenvalue weighted by molar-refractivity contribution is 6.42. The number of halogens is 2. The lowest BCUT2D eigenvalue weighted by atomic mass is 9.92. The van der Waals surface area contributed by atoms with E-state index in [1.807, 2.05) is 111 Å². The molecule has 6 aromatic rings. The van der Waals surface area contributed by atoms with Gasteiger partial charge in [-0.05, 0) is 126 Å². The van der Waals surface area contributed by atoms with E-state index >= 15 is 0 Å². The zero-order valence-corrected chi connectivity index (χ0v) is 35.9. The highest BCUT2D eigenvalue weighted by Gasteiger charge is 2.36. The normalized spacial score (nSPS) is 16.3. The first-order valence-electron chi connectivity index (χ1n) is 20.2. The topological polar surface area (TPSA) is 112 Å². The van der Waals surface area contributed by atoms with E-state index in [-0.39, 0.29) is 18.4 Å². The average molecular weight is 858 g/mol. The van der Waals surface area contributed by atoms with Crippen LogP contribution < -0.4 is 19.5 Å². The van der Waals surface area contributed by atoms with Crippen molar-refractivity contribution in [3.63, 3.8) is 0 Å². The molecule has 1 amide bonds. The number of rotatable bonds is 12. The van der Waals surface area contributed by atoms with E-state index in [0.717, 1.165) is 61.6 Å². The van der Waals surface area contributed by atoms with Gasteiger partial charge in [0.05, 0.1) is 28.9 Å². The number of ether oxygens (including phenoxy) is 4. The number of aromatic nitrogens is 2. The number of aryl methyl sites for hydroxylation is 2. The molecule has 2 aromatic heterocycles. The highest BCUT2D eigenvalue weighted by atomic mass is 35.5. The summed E-state index contributed by atoms with van der Waals surface area (Å²) in [5.41, 5.74) is 10.7. The van der Waals surface area contributed by atoms with Crippen molar-refractivity contribution >= 4 is 35.1 Å². The second-order valence-electron chi connectivity index (χ2n) is 15.5. The molecule has 1 N–H and O–H groups in total. The third-order valence-corrected chi connectivity index (χ3v) is 12.1. The van der Waals surface area contributed by atoms with E-state index in [1.54, 1.807) is 12.1 Å². The first-order valence-corrected chi connectivity index (χ1v) is 20.9. The van der Waals surface area contributed by atoms with Crippen molar-refractivity contribution in [2.75, 3.05) is 13.7 Å². The van der Waals surface area contributed by atoms with Gasteiger partial charge in [0.25, 0.3) is 0 Å². The van der Waals surface area contributed by atoms with Crippen molar-refractivity contribution in [3.8, 4) is 28.4 Å². The molecule has 61 heavy (non-hydrogen) atoms. The quantitative estimate of drug-likeness (QED) is 0.120. The van der Waals surface area contributed by atoms with Crippen LogP contribution in [0.25, 0.3) is 11.1 Å². The summed E-state index contributed by atoms with van der Waals surface area (Å²) in [7, 11) is 1.34. The first kappa shape index (κ1) is 41.8. The monoisotopic (exact) mass is 856 g/mol. The van der Waals surface area contributed by atoms with E-state index < -0.39 is 18.1 Å². The van der Waals surface area contributed by atoms with E-state index in [4.69, 9.17) is 47.1 Å². The van der Waals surface area contributed by atoms with Crippen molar-refractivity contribution in [1.82, 2.24) is 20.2 Å². The van der Waals surface area contributed by atoms with Crippen LogP contribution in [0.2, 0.25) is 10.0 Å². The number of fused-ring (bicyclic) bond motifs is 2. The number of pyridine rings is 2. The Kier molecular flexibility index (Phi) is 12.6. The molecule has 0 saturated carbocycles. The van der Waals surface area contributed by atoms with Crippen molar-refractivity contribution in [3.05, 3.63) is 170 Å². The zero-order valence-electron chi connectivity index (χ0n) is 34.4. The molecule has 0 fully saturated rings. The lowest BCUT2D eigenvalue weighted by Gasteiger charge is -2.37. The minimum absolute atomic E-state index is 0.268. The van der Waals surface area contributed by atoms with Crippen LogP contribution in [0.3, 0.4) is 0 Å². The van der Waals surface area contributed by atoms with Crippen LogP contribution in [0.4, 0.5) is 0 Å². The molecule has 2 aliphatic rings. The summed E-state index contributed by atoms with van der Waals surface area (Å²) in [5, 5.41) is 4.05. The lowest BCUT2D eigenvalue weighted by Crippen LogP contribution is -2.54. The molecule has 0 aliphatic carbocycles. The number of carbonyl (C=O) groups is 2. The predicted molar refractivity (Wildman–Crippen MR) is 235 cm³/mol. The Labute approximate surface area is 365 Å². The smallest absolute Gasteiger partial charge is 0.328 e. The molecule has 0 unspecified atom stereocenters. The number of methoxy groups -OCH3 is 1. The molecule has 0 saturated heterocycles. The molecule has 4 heterocycles. The predicted octanol–water partition coefficient (Wildman–Crippen LogP) is 9.29. The third kappa shape index (κ3) is 9.67. The molecule has 0 radical (unpaired) electrons. The van der Waals surface area contributed by atoms with Crippen LogP contribution in [0.15, 0.2) is 109 Å². The van der Waals surface area contributed by atoms with Gasteiger partial charge in [-0.2, -0.15) is 0 Å². The zero-order chi connectivity index (χ0) is 42.6. The van der Waals surface area contributed by atoms with Gasteiger partial charge in [-0.1, -0.05) is 71.7 Å². The number of nitrogens with zero attached hydrogens (tertiary/aromatic N) is 3. The molecule has 12 heteroatoms. The lowest BCUT2D eigenvalue weighted by molar-refractivity contribution is -0.146. The van der Waals surface area contributed by atoms with Crippen LogP contribution >= 0.6 is 23.2 Å². The van der Waals surface area contributed by atoms with Crippen molar-refractivity contribution in [1.29, 1.82) is 0 Å². The SMILES string of the molecule is COC(=O)[C@H](Cc1ccc(-c2ccnc(C)c2C)cc1)NC(=O)[C@@H]1Cc2cc3c(cc2CN1Cc1cccc(C)n1)O[C@@H](c1ccc(OCc2ccc(Cl)c(Cl)c2)cc1)CO3. The average Bonchev–Trinajstić information content (AvgIpc) is 3.26. The maximum Gasteiger partial charge on any atom is 0.328 e. The van der Waals surface area contributed by atoms with Gasteiger partial charge in [-0.25, -0.2) is 4.79 Å². The fraction of sp³-hybridized carbons (Fsp3) is 0.265. The Morgan fingerprint density at radius 2 is 1.66 bits per heavy atom. The summed E-state index contributed by atoms with van der Waals surface area (Å²) in [4.78, 5) is 38.9. The number of nitrogens with one attached hydrogen (secondary N) is 1. The molecule has 8 rings (SSSR count). The Hall–Kier alpha value is -5.94. The first-order chi connectivity index (χ1) is 29.5. The van der Waals surface area contributed by atoms with Gasteiger partial charge in [0.2, 0.25) is 5.91 Å². The van der Waals surface area contributed by atoms with E-state index in [9.17, 15) is 9.59 Å². The molecule has 2 aliphatic heterocycles. The van der Waals surface area contributed by atoms with Crippen molar-refractivity contribution in [2.45, 2.75) is 71.5 Å². The van der Waals surface area contributed by atoms with Gasteiger partial charge in [-0.15, -0.1) is 0 Å². The molecule has 0 bridgehead atoms. The summed E-state index contributed by atoms with van der Waals surface area (Å²) >= 11 is 12.2. The molecule has 0 spiro atoms. The minimum Gasteiger partial charge on any atom is -0.489 e. The number of benzene rings is 4. The molecular weight excluding hydrogens is 811 g/mol. The van der Waals surface area contributed by atoms with Gasteiger partial charge in [0.15, 0.2) is 17.6 Å².